The second-order valence-electron chi connectivity index (χ2n) is 8.36. The maximum Gasteiger partial charge on any atom is 0.348 e. The van der Waals surface area contributed by atoms with Gasteiger partial charge in [-0.15, -0.1) is 17.1 Å². The van der Waals surface area contributed by atoms with Gasteiger partial charge in [-0.25, -0.2) is 9.18 Å². The van der Waals surface area contributed by atoms with Crippen LogP contribution in [0.2, 0.25) is 0 Å². The summed E-state index contributed by atoms with van der Waals surface area (Å²) in [4.78, 5) is 28.0. The molecule has 1 fully saturated rings. The molecular weight excluding hydrogens is 413 g/mol. The topological polar surface area (TPSA) is 57.6 Å². The summed E-state index contributed by atoms with van der Waals surface area (Å²) in [6.07, 6.45) is 4.17. The molecule has 0 aliphatic heterocycles. The van der Waals surface area contributed by atoms with Crippen LogP contribution in [0.5, 0.6) is 0 Å². The molecule has 0 radical (unpaired) electrons. The van der Waals surface area contributed by atoms with Crippen molar-refractivity contribution in [3.63, 3.8) is 0 Å². The van der Waals surface area contributed by atoms with Crippen LogP contribution in [0.4, 0.5) is 10.1 Å². The minimum absolute atomic E-state index is 0.0727. The van der Waals surface area contributed by atoms with Crippen molar-refractivity contribution in [1.82, 2.24) is 0 Å². The van der Waals surface area contributed by atoms with Gasteiger partial charge < -0.3 is 10.0 Å². The second-order valence-corrected chi connectivity index (χ2v) is 9.42. The van der Waals surface area contributed by atoms with Crippen LogP contribution < -0.4 is 4.90 Å². The van der Waals surface area contributed by atoms with Crippen molar-refractivity contribution in [3.05, 3.63) is 58.9 Å². The van der Waals surface area contributed by atoms with Crippen molar-refractivity contribution in [1.29, 1.82) is 0 Å². The Morgan fingerprint density at radius 2 is 1.87 bits per heavy atom. The van der Waals surface area contributed by atoms with E-state index in [-0.39, 0.29) is 28.6 Å². The van der Waals surface area contributed by atoms with Gasteiger partial charge in [-0.1, -0.05) is 44.9 Å². The Bertz CT molecular complexity index is 1020. The zero-order valence-electron chi connectivity index (χ0n) is 18.2. The van der Waals surface area contributed by atoms with Gasteiger partial charge in [-0.05, 0) is 55.9 Å². The molecule has 0 bridgehead atoms. The Balaban J connectivity index is 2.05. The van der Waals surface area contributed by atoms with Gasteiger partial charge in [-0.3, -0.25) is 4.79 Å². The van der Waals surface area contributed by atoms with Gasteiger partial charge in [0, 0.05) is 10.9 Å². The van der Waals surface area contributed by atoms with Crippen LogP contribution in [0.15, 0.2) is 48.2 Å². The molecule has 1 N–H and O–H groups in total. The molecule has 0 spiro atoms. The lowest BCUT2D eigenvalue weighted by Gasteiger charge is -2.33. The number of rotatable bonds is 6. The third-order valence-corrected chi connectivity index (χ3v) is 7.09. The maximum atomic E-state index is 13.7. The monoisotopic (exact) mass is 441 g/mol. The van der Waals surface area contributed by atoms with Crippen molar-refractivity contribution < 1.29 is 19.1 Å². The number of halogens is 1. The molecule has 1 aliphatic rings. The van der Waals surface area contributed by atoms with Crippen LogP contribution in [0, 0.1) is 17.7 Å². The molecule has 2 atom stereocenters. The number of carboxylic acid groups (broad SMARTS) is 1. The summed E-state index contributed by atoms with van der Waals surface area (Å²) >= 11 is 1.08. The molecule has 6 heteroatoms. The molecule has 1 saturated carbocycles. The van der Waals surface area contributed by atoms with Crippen LogP contribution in [-0.2, 0) is 4.79 Å². The molecule has 164 valence electrons. The first-order valence-electron chi connectivity index (χ1n) is 10.6. The highest BCUT2D eigenvalue weighted by Gasteiger charge is 2.34. The molecular formula is C25H28FNO3S. The van der Waals surface area contributed by atoms with E-state index in [1.54, 1.807) is 23.1 Å². The van der Waals surface area contributed by atoms with Gasteiger partial charge >= 0.3 is 5.97 Å². The third kappa shape index (κ3) is 4.81. The summed E-state index contributed by atoms with van der Waals surface area (Å²) in [7, 11) is 0. The zero-order valence-corrected chi connectivity index (χ0v) is 19.0. The molecule has 31 heavy (non-hydrogen) atoms. The highest BCUT2D eigenvalue weighted by Crippen LogP contribution is 2.40. The number of aromatic carboxylic acids is 1. The number of thiophene rings is 1. The van der Waals surface area contributed by atoms with E-state index >= 15 is 0 Å². The van der Waals surface area contributed by atoms with E-state index < -0.39 is 5.97 Å². The van der Waals surface area contributed by atoms with E-state index in [9.17, 15) is 19.1 Å². The van der Waals surface area contributed by atoms with Gasteiger partial charge in [0.1, 0.15) is 10.7 Å². The summed E-state index contributed by atoms with van der Waals surface area (Å²) in [5.41, 5.74) is 4.48. The molecule has 1 amide bonds. The molecule has 2 unspecified atom stereocenters. The van der Waals surface area contributed by atoms with Gasteiger partial charge in [0.25, 0.3) is 5.91 Å². The molecule has 1 aromatic carbocycles. The van der Waals surface area contributed by atoms with Crippen LogP contribution in [0.25, 0.3) is 10.4 Å². The van der Waals surface area contributed by atoms with E-state index in [0.29, 0.717) is 27.6 Å². The van der Waals surface area contributed by atoms with Crippen LogP contribution in [-0.4, -0.2) is 23.0 Å². The second kappa shape index (κ2) is 9.63. The maximum absolute atomic E-state index is 13.7. The Morgan fingerprint density at radius 1 is 1.23 bits per heavy atom. The molecule has 2 aromatic rings. The van der Waals surface area contributed by atoms with E-state index in [0.717, 1.165) is 37.0 Å². The lowest BCUT2D eigenvalue weighted by Crippen LogP contribution is -2.41. The van der Waals surface area contributed by atoms with Gasteiger partial charge in [0.15, 0.2) is 0 Å². The number of hydrogen-bond acceptors (Lipinski definition) is 3. The van der Waals surface area contributed by atoms with Gasteiger partial charge in [0.2, 0.25) is 0 Å². The summed E-state index contributed by atoms with van der Waals surface area (Å²) in [6, 6.07) is 7.34. The molecule has 0 saturated heterocycles. The Hall–Kier alpha value is -2.69. The quantitative estimate of drug-likeness (QED) is 0.409. The van der Waals surface area contributed by atoms with E-state index in [1.165, 1.54) is 12.1 Å². The fourth-order valence-corrected chi connectivity index (χ4v) is 5.33. The SMILES string of the molecule is C=C=C(C(=O)N(c1cc(-c2ccc(F)cc2)sc1C(=O)O)C(C)C)C1CCCCC1C. The number of nitrogens with zero attached hydrogens (tertiary/aromatic N) is 1. The number of carbonyl (C=O) groups is 2. The number of carbonyl (C=O) groups excluding carboxylic acids is 1. The molecule has 3 rings (SSSR count). The highest BCUT2D eigenvalue weighted by molar-refractivity contribution is 7.18. The number of benzene rings is 1. The predicted octanol–water partition coefficient (Wildman–Crippen LogP) is 6.53. The summed E-state index contributed by atoms with van der Waals surface area (Å²) in [5, 5.41) is 9.85. The minimum atomic E-state index is -1.10. The van der Waals surface area contributed by atoms with Crippen LogP contribution in [0.1, 0.15) is 56.1 Å². The highest BCUT2D eigenvalue weighted by atomic mass is 32.1. The lowest BCUT2D eigenvalue weighted by molar-refractivity contribution is -0.116. The first-order valence-corrected chi connectivity index (χ1v) is 11.4. The largest absolute Gasteiger partial charge is 0.477 e. The zero-order chi connectivity index (χ0) is 22.7. The molecule has 4 nitrogen and oxygen atoms in total. The number of hydrogen-bond donors (Lipinski definition) is 1. The lowest BCUT2D eigenvalue weighted by atomic mass is 9.76. The van der Waals surface area contributed by atoms with Crippen molar-refractivity contribution in [2.75, 3.05) is 4.90 Å². The van der Waals surface area contributed by atoms with E-state index in [2.05, 4.69) is 19.2 Å². The molecule has 1 heterocycles. The smallest absolute Gasteiger partial charge is 0.348 e. The first-order chi connectivity index (χ1) is 14.7. The van der Waals surface area contributed by atoms with Crippen molar-refractivity contribution in [2.45, 2.75) is 52.5 Å². The number of carboxylic acids is 1. The van der Waals surface area contributed by atoms with Crippen LogP contribution >= 0.6 is 11.3 Å². The van der Waals surface area contributed by atoms with E-state index in [1.807, 2.05) is 13.8 Å². The fraction of sp³-hybridized carbons (Fsp3) is 0.400. The Kier molecular flexibility index (Phi) is 7.14. The van der Waals surface area contributed by atoms with Crippen molar-refractivity contribution in [3.8, 4) is 10.4 Å². The predicted molar refractivity (Wildman–Crippen MR) is 123 cm³/mol. The van der Waals surface area contributed by atoms with Crippen LogP contribution in [0.3, 0.4) is 0 Å². The van der Waals surface area contributed by atoms with Gasteiger partial charge in [-0.2, -0.15) is 0 Å². The Morgan fingerprint density at radius 3 is 2.42 bits per heavy atom. The summed E-state index contributed by atoms with van der Waals surface area (Å²) in [5.74, 6) is -1.27. The average Bonchev–Trinajstić information content (AvgIpc) is 3.15. The third-order valence-electron chi connectivity index (χ3n) is 5.93. The van der Waals surface area contributed by atoms with Crippen molar-refractivity contribution in [2.24, 2.45) is 11.8 Å². The number of anilines is 1. The minimum Gasteiger partial charge on any atom is -0.477 e. The molecule has 1 aromatic heterocycles. The van der Waals surface area contributed by atoms with Crippen molar-refractivity contribution >= 4 is 28.9 Å². The first kappa shape index (κ1) is 23.0. The summed E-state index contributed by atoms with van der Waals surface area (Å²) < 4.78 is 13.3. The standard InChI is InChI=1S/C25H28FNO3S/c1-5-19(20-9-7-6-8-16(20)4)24(28)27(15(2)3)21-14-22(31-23(21)25(29)30)17-10-12-18(26)13-11-17/h10-16,20H,1,6-9H2,2-4H3,(H,29,30). The fourth-order valence-electron chi connectivity index (χ4n) is 4.33. The summed E-state index contributed by atoms with van der Waals surface area (Å²) in [6.45, 7) is 9.66. The Labute approximate surface area is 186 Å². The van der Waals surface area contributed by atoms with Gasteiger partial charge in [0.05, 0.1) is 11.3 Å². The average molecular weight is 442 g/mol. The molecule has 1 aliphatic carbocycles. The number of amides is 1. The van der Waals surface area contributed by atoms with E-state index in [4.69, 9.17) is 0 Å². The normalized spacial score (nSPS) is 18.5.